The lowest BCUT2D eigenvalue weighted by molar-refractivity contribution is -0.0562. The summed E-state index contributed by atoms with van der Waals surface area (Å²) in [5, 5.41) is 0.611. The van der Waals surface area contributed by atoms with Crippen LogP contribution < -0.4 is 10.5 Å². The van der Waals surface area contributed by atoms with Crippen LogP contribution in [0.1, 0.15) is 19.3 Å². The van der Waals surface area contributed by atoms with Gasteiger partial charge >= 0.3 is 0 Å². The SMILES string of the molecule is COc1cc(N)ccc1SC1CCOC2(CCSC2)C1. The zero-order valence-corrected chi connectivity index (χ0v) is 13.4. The van der Waals surface area contributed by atoms with Gasteiger partial charge in [0.25, 0.3) is 0 Å². The normalized spacial score (nSPS) is 29.8. The van der Waals surface area contributed by atoms with E-state index in [-0.39, 0.29) is 5.60 Å². The molecule has 2 atom stereocenters. The maximum absolute atomic E-state index is 6.08. The van der Waals surface area contributed by atoms with Crippen LogP contribution in [-0.2, 0) is 4.74 Å². The van der Waals surface area contributed by atoms with Crippen LogP contribution in [0.3, 0.4) is 0 Å². The smallest absolute Gasteiger partial charge is 0.134 e. The fourth-order valence-corrected chi connectivity index (χ4v) is 5.65. The number of ether oxygens (including phenoxy) is 2. The molecular weight excluding hydrogens is 290 g/mol. The van der Waals surface area contributed by atoms with Crippen LogP contribution in [0.2, 0.25) is 0 Å². The Balaban J connectivity index is 1.71. The minimum absolute atomic E-state index is 0.141. The second-order valence-electron chi connectivity index (χ2n) is 5.48. The van der Waals surface area contributed by atoms with Crippen molar-refractivity contribution in [1.29, 1.82) is 0 Å². The summed E-state index contributed by atoms with van der Waals surface area (Å²) in [6.45, 7) is 0.884. The molecule has 3 rings (SSSR count). The summed E-state index contributed by atoms with van der Waals surface area (Å²) in [7, 11) is 1.71. The van der Waals surface area contributed by atoms with Gasteiger partial charge in [0.15, 0.2) is 0 Å². The van der Waals surface area contributed by atoms with Gasteiger partial charge in [-0.1, -0.05) is 0 Å². The van der Waals surface area contributed by atoms with Gasteiger partial charge in [-0.15, -0.1) is 11.8 Å². The van der Waals surface area contributed by atoms with Crippen LogP contribution in [0.15, 0.2) is 23.1 Å². The van der Waals surface area contributed by atoms with E-state index in [1.165, 1.54) is 17.1 Å². The summed E-state index contributed by atoms with van der Waals surface area (Å²) < 4.78 is 11.5. The van der Waals surface area contributed by atoms with Crippen molar-refractivity contribution >= 4 is 29.2 Å². The van der Waals surface area contributed by atoms with Gasteiger partial charge in [-0.05, 0) is 37.1 Å². The van der Waals surface area contributed by atoms with E-state index in [9.17, 15) is 0 Å². The third-order valence-electron chi connectivity index (χ3n) is 4.00. The van der Waals surface area contributed by atoms with Gasteiger partial charge in [0.05, 0.1) is 12.7 Å². The maximum Gasteiger partial charge on any atom is 0.134 e. The van der Waals surface area contributed by atoms with Crippen molar-refractivity contribution in [3.05, 3.63) is 18.2 Å². The Hall–Kier alpha value is -0.520. The Morgan fingerprint density at radius 1 is 1.50 bits per heavy atom. The zero-order chi connectivity index (χ0) is 14.0. The van der Waals surface area contributed by atoms with E-state index in [1.807, 2.05) is 35.7 Å². The van der Waals surface area contributed by atoms with E-state index in [4.69, 9.17) is 15.2 Å². The molecule has 2 fully saturated rings. The molecule has 20 heavy (non-hydrogen) atoms. The lowest BCUT2D eigenvalue weighted by atomic mass is 9.93. The molecule has 2 N–H and O–H groups in total. The number of rotatable bonds is 3. The lowest BCUT2D eigenvalue weighted by Gasteiger charge is -2.37. The van der Waals surface area contributed by atoms with Crippen molar-refractivity contribution < 1.29 is 9.47 Å². The minimum atomic E-state index is 0.141. The molecule has 2 unspecified atom stereocenters. The first-order valence-corrected chi connectivity index (χ1v) is 9.06. The Morgan fingerprint density at radius 2 is 2.40 bits per heavy atom. The first kappa shape index (κ1) is 14.4. The van der Waals surface area contributed by atoms with Crippen molar-refractivity contribution in [3.8, 4) is 5.75 Å². The zero-order valence-electron chi connectivity index (χ0n) is 11.8. The van der Waals surface area contributed by atoms with Crippen LogP contribution in [0, 0.1) is 0 Å². The highest BCUT2D eigenvalue weighted by Gasteiger charge is 2.40. The van der Waals surface area contributed by atoms with Crippen molar-refractivity contribution in [2.45, 2.75) is 35.0 Å². The molecule has 2 heterocycles. The predicted molar refractivity (Wildman–Crippen MR) is 86.9 cm³/mol. The second kappa shape index (κ2) is 6.08. The van der Waals surface area contributed by atoms with Gasteiger partial charge in [-0.25, -0.2) is 0 Å². The van der Waals surface area contributed by atoms with Crippen LogP contribution in [0.5, 0.6) is 5.75 Å². The van der Waals surface area contributed by atoms with Gasteiger partial charge in [0, 0.05) is 34.3 Å². The van der Waals surface area contributed by atoms with Crippen LogP contribution in [0.4, 0.5) is 5.69 Å². The van der Waals surface area contributed by atoms with Gasteiger partial charge < -0.3 is 15.2 Å². The van der Waals surface area contributed by atoms with Gasteiger partial charge in [0.2, 0.25) is 0 Å². The van der Waals surface area contributed by atoms with Crippen LogP contribution in [-0.4, -0.2) is 36.1 Å². The molecule has 5 heteroatoms. The minimum Gasteiger partial charge on any atom is -0.496 e. The molecule has 0 aromatic heterocycles. The third kappa shape index (κ3) is 3.05. The number of hydrogen-bond acceptors (Lipinski definition) is 5. The number of anilines is 1. The van der Waals surface area contributed by atoms with Gasteiger partial charge in [-0.3, -0.25) is 0 Å². The Morgan fingerprint density at radius 3 is 3.15 bits per heavy atom. The maximum atomic E-state index is 6.08. The number of benzene rings is 1. The lowest BCUT2D eigenvalue weighted by Crippen LogP contribution is -2.40. The number of nitrogen functional groups attached to an aromatic ring is 1. The molecule has 0 saturated carbocycles. The molecule has 1 aromatic rings. The average Bonchev–Trinajstić information content (AvgIpc) is 2.89. The molecular formula is C15H21NO2S2. The first-order valence-electron chi connectivity index (χ1n) is 7.03. The topological polar surface area (TPSA) is 44.5 Å². The monoisotopic (exact) mass is 311 g/mol. The number of hydrogen-bond donors (Lipinski definition) is 1. The summed E-state index contributed by atoms with van der Waals surface area (Å²) >= 11 is 3.94. The first-order chi connectivity index (χ1) is 9.71. The van der Waals surface area contributed by atoms with E-state index >= 15 is 0 Å². The van der Waals surface area contributed by atoms with Crippen molar-refractivity contribution in [3.63, 3.8) is 0 Å². The van der Waals surface area contributed by atoms with E-state index in [1.54, 1.807) is 7.11 Å². The van der Waals surface area contributed by atoms with Crippen molar-refractivity contribution in [2.75, 3.05) is 31.0 Å². The second-order valence-corrected chi connectivity index (χ2v) is 7.92. The molecule has 0 radical (unpaired) electrons. The van der Waals surface area contributed by atoms with Crippen LogP contribution in [0.25, 0.3) is 0 Å². The summed E-state index contributed by atoms with van der Waals surface area (Å²) in [5.74, 6) is 3.28. The van der Waals surface area contributed by atoms with Gasteiger partial charge in [-0.2, -0.15) is 11.8 Å². The van der Waals surface area contributed by atoms with Crippen molar-refractivity contribution in [1.82, 2.24) is 0 Å². The van der Waals surface area contributed by atoms with E-state index in [0.717, 1.165) is 36.6 Å². The quantitative estimate of drug-likeness (QED) is 0.867. The highest BCUT2D eigenvalue weighted by atomic mass is 32.2. The highest BCUT2D eigenvalue weighted by molar-refractivity contribution is 8.00. The Bertz CT molecular complexity index is 475. The van der Waals surface area contributed by atoms with Crippen LogP contribution >= 0.6 is 23.5 Å². The fraction of sp³-hybridized carbons (Fsp3) is 0.600. The van der Waals surface area contributed by atoms with E-state index < -0.39 is 0 Å². The largest absolute Gasteiger partial charge is 0.496 e. The fourth-order valence-electron chi connectivity index (χ4n) is 2.91. The Kier molecular flexibility index (Phi) is 4.38. The molecule has 2 aliphatic rings. The molecule has 3 nitrogen and oxygen atoms in total. The predicted octanol–water partition coefficient (Wildman–Crippen LogP) is 3.42. The molecule has 0 bridgehead atoms. The molecule has 0 aliphatic carbocycles. The van der Waals surface area contributed by atoms with Crippen molar-refractivity contribution in [2.24, 2.45) is 0 Å². The molecule has 1 spiro atoms. The van der Waals surface area contributed by atoms with Gasteiger partial charge in [0.1, 0.15) is 5.75 Å². The summed E-state index contributed by atoms with van der Waals surface area (Å²) in [5.41, 5.74) is 6.71. The summed E-state index contributed by atoms with van der Waals surface area (Å²) in [6, 6.07) is 5.93. The number of methoxy groups -OCH3 is 1. The number of thioether (sulfide) groups is 2. The standard InChI is InChI=1S/C15H21NO2S2/c1-17-13-8-11(16)2-3-14(13)20-12-4-6-18-15(9-12)5-7-19-10-15/h2-3,8,12H,4-7,9-10,16H2,1H3. The average molecular weight is 311 g/mol. The molecule has 110 valence electrons. The number of nitrogens with two attached hydrogens (primary N) is 1. The molecule has 1 aromatic carbocycles. The summed E-state index contributed by atoms with van der Waals surface area (Å²) in [4.78, 5) is 1.19. The van der Waals surface area contributed by atoms with E-state index in [2.05, 4.69) is 6.07 Å². The summed E-state index contributed by atoms with van der Waals surface area (Å²) in [6.07, 6.45) is 3.47. The Labute approximate surface area is 129 Å². The molecule has 2 saturated heterocycles. The third-order valence-corrected chi connectivity index (χ3v) is 6.55. The molecule has 2 aliphatic heterocycles. The molecule has 0 amide bonds. The van der Waals surface area contributed by atoms with E-state index in [0.29, 0.717) is 5.25 Å². The highest BCUT2D eigenvalue weighted by Crippen LogP contribution is 2.44.